The molecule has 0 amide bonds. The van der Waals surface area contributed by atoms with Gasteiger partial charge in [0.15, 0.2) is 0 Å². The lowest BCUT2D eigenvalue weighted by atomic mass is 9.57. The number of benzene rings is 1. The second kappa shape index (κ2) is 13.4. The van der Waals surface area contributed by atoms with Crippen molar-refractivity contribution in [2.24, 2.45) is 5.92 Å². The van der Waals surface area contributed by atoms with E-state index < -0.39 is 0 Å². The van der Waals surface area contributed by atoms with Crippen LogP contribution in [0.3, 0.4) is 0 Å². The molecule has 1 aromatic carbocycles. The van der Waals surface area contributed by atoms with Crippen LogP contribution < -0.4 is 0 Å². The highest BCUT2D eigenvalue weighted by Crippen LogP contribution is 2.50. The third-order valence-electron chi connectivity index (χ3n) is 7.46. The summed E-state index contributed by atoms with van der Waals surface area (Å²) in [6.07, 6.45) is 24.0. The Kier molecular flexibility index (Phi) is 11.3. The molecule has 1 aromatic rings. The summed E-state index contributed by atoms with van der Waals surface area (Å²) in [6.45, 7) is 7.02. The van der Waals surface area contributed by atoms with Gasteiger partial charge in [0.25, 0.3) is 0 Å². The van der Waals surface area contributed by atoms with Crippen LogP contribution in [0.5, 0.6) is 0 Å². The Balaban J connectivity index is 2.21. The van der Waals surface area contributed by atoms with Gasteiger partial charge in [-0.05, 0) is 54.6 Å². The Morgan fingerprint density at radius 3 is 1.89 bits per heavy atom. The molecule has 0 radical (unpaired) electrons. The molecular formula is C28H48. The molecule has 0 heteroatoms. The van der Waals surface area contributed by atoms with Crippen LogP contribution in [0.25, 0.3) is 0 Å². The van der Waals surface area contributed by atoms with E-state index in [0.717, 1.165) is 5.92 Å². The fourth-order valence-corrected chi connectivity index (χ4v) is 5.83. The summed E-state index contributed by atoms with van der Waals surface area (Å²) < 4.78 is 0. The van der Waals surface area contributed by atoms with Gasteiger partial charge in [-0.2, -0.15) is 0 Å². The molecule has 0 N–H and O–H groups in total. The summed E-state index contributed by atoms with van der Waals surface area (Å²) >= 11 is 0. The maximum atomic E-state index is 2.52. The zero-order valence-electron chi connectivity index (χ0n) is 19.4. The van der Waals surface area contributed by atoms with Crippen molar-refractivity contribution in [2.45, 2.75) is 135 Å². The molecule has 0 fully saturated rings. The number of hydrogen-bond donors (Lipinski definition) is 0. The molecule has 0 saturated carbocycles. The van der Waals surface area contributed by atoms with Crippen LogP contribution in [0, 0.1) is 5.92 Å². The summed E-state index contributed by atoms with van der Waals surface area (Å²) in [5, 5.41) is 0. The number of fused-ring (bicyclic) bond motifs is 1. The molecule has 2 rings (SSSR count). The normalized spacial score (nSPS) is 18.2. The largest absolute Gasteiger partial charge is 0.0654 e. The van der Waals surface area contributed by atoms with Crippen LogP contribution >= 0.6 is 0 Å². The molecule has 0 aliphatic heterocycles. The van der Waals surface area contributed by atoms with Crippen molar-refractivity contribution in [3.05, 3.63) is 35.4 Å². The van der Waals surface area contributed by atoms with Crippen LogP contribution in [0.1, 0.15) is 135 Å². The van der Waals surface area contributed by atoms with E-state index in [1.54, 1.807) is 11.1 Å². The molecule has 1 aliphatic carbocycles. The van der Waals surface area contributed by atoms with Gasteiger partial charge in [-0.1, -0.05) is 122 Å². The van der Waals surface area contributed by atoms with Gasteiger partial charge in [-0.15, -0.1) is 0 Å². The van der Waals surface area contributed by atoms with Crippen molar-refractivity contribution in [2.75, 3.05) is 0 Å². The zero-order valence-corrected chi connectivity index (χ0v) is 19.4. The van der Waals surface area contributed by atoms with E-state index in [2.05, 4.69) is 45.0 Å². The Bertz CT molecular complexity index is 503. The molecule has 1 aliphatic rings. The minimum absolute atomic E-state index is 0.475. The number of unbranched alkanes of at least 4 members (excludes halogenated alkanes) is 9. The lowest BCUT2D eigenvalue weighted by Gasteiger charge is -2.47. The molecule has 0 aromatic heterocycles. The van der Waals surface area contributed by atoms with Crippen molar-refractivity contribution >= 4 is 0 Å². The predicted octanol–water partition coefficient (Wildman–Crippen LogP) is 9.40. The summed E-state index contributed by atoms with van der Waals surface area (Å²) in [7, 11) is 0. The van der Waals surface area contributed by atoms with E-state index in [9.17, 15) is 0 Å². The second-order valence-electron chi connectivity index (χ2n) is 9.52. The highest BCUT2D eigenvalue weighted by molar-refractivity contribution is 5.38. The molecule has 28 heavy (non-hydrogen) atoms. The smallest absolute Gasteiger partial charge is 0.00159 e. The number of rotatable bonds is 15. The standard InChI is InChI=1S/C28H48/c1-4-7-10-13-19-26-22-21-25-18-14-15-20-27(25)28(26,23-16-11-8-5-2)24-17-12-9-6-3/h14-15,18,20,26H,4-13,16-17,19,21-24H2,1-3H3. The predicted molar refractivity (Wildman–Crippen MR) is 126 cm³/mol. The fraction of sp³-hybridized carbons (Fsp3) is 0.786. The maximum absolute atomic E-state index is 2.52. The van der Waals surface area contributed by atoms with Crippen molar-refractivity contribution < 1.29 is 0 Å². The van der Waals surface area contributed by atoms with Gasteiger partial charge in [0.05, 0.1) is 0 Å². The van der Waals surface area contributed by atoms with Gasteiger partial charge in [-0.3, -0.25) is 0 Å². The highest BCUT2D eigenvalue weighted by Gasteiger charge is 2.42. The van der Waals surface area contributed by atoms with Gasteiger partial charge in [0.1, 0.15) is 0 Å². The van der Waals surface area contributed by atoms with Crippen LogP contribution in [-0.4, -0.2) is 0 Å². The average molecular weight is 385 g/mol. The van der Waals surface area contributed by atoms with Crippen LogP contribution in [-0.2, 0) is 11.8 Å². The third-order valence-corrected chi connectivity index (χ3v) is 7.46. The van der Waals surface area contributed by atoms with E-state index in [0.29, 0.717) is 5.41 Å². The van der Waals surface area contributed by atoms with Crippen molar-refractivity contribution in [1.82, 2.24) is 0 Å². The molecular weight excluding hydrogens is 336 g/mol. The molecule has 1 atom stereocenters. The van der Waals surface area contributed by atoms with Crippen LogP contribution in [0.4, 0.5) is 0 Å². The Morgan fingerprint density at radius 1 is 0.714 bits per heavy atom. The molecule has 160 valence electrons. The minimum atomic E-state index is 0.475. The van der Waals surface area contributed by atoms with Crippen molar-refractivity contribution in [3.8, 4) is 0 Å². The summed E-state index contributed by atoms with van der Waals surface area (Å²) in [4.78, 5) is 0. The number of aryl methyl sites for hydroxylation is 1. The molecule has 0 saturated heterocycles. The van der Waals surface area contributed by atoms with Gasteiger partial charge in [0.2, 0.25) is 0 Å². The monoisotopic (exact) mass is 384 g/mol. The van der Waals surface area contributed by atoms with Crippen molar-refractivity contribution in [3.63, 3.8) is 0 Å². The first-order valence-electron chi connectivity index (χ1n) is 12.9. The fourth-order valence-electron chi connectivity index (χ4n) is 5.83. The van der Waals surface area contributed by atoms with Crippen LogP contribution in [0.15, 0.2) is 24.3 Å². The summed E-state index contributed by atoms with van der Waals surface area (Å²) in [5.74, 6) is 0.919. The third kappa shape index (κ3) is 6.64. The Morgan fingerprint density at radius 2 is 1.29 bits per heavy atom. The van der Waals surface area contributed by atoms with Gasteiger partial charge in [0, 0.05) is 0 Å². The van der Waals surface area contributed by atoms with E-state index in [1.165, 1.54) is 109 Å². The number of hydrogen-bond acceptors (Lipinski definition) is 0. The topological polar surface area (TPSA) is 0 Å². The maximum Gasteiger partial charge on any atom is -0.00159 e. The highest BCUT2D eigenvalue weighted by atomic mass is 14.5. The van der Waals surface area contributed by atoms with Crippen molar-refractivity contribution in [1.29, 1.82) is 0 Å². The first-order chi connectivity index (χ1) is 13.8. The molecule has 0 nitrogen and oxygen atoms in total. The Labute approximate surface area is 176 Å². The average Bonchev–Trinajstić information content (AvgIpc) is 2.73. The van der Waals surface area contributed by atoms with E-state index in [-0.39, 0.29) is 0 Å². The molecule has 0 spiro atoms. The minimum Gasteiger partial charge on any atom is -0.0654 e. The van der Waals surface area contributed by atoms with Gasteiger partial charge in [-0.25, -0.2) is 0 Å². The van der Waals surface area contributed by atoms with Gasteiger partial charge >= 0.3 is 0 Å². The molecule has 0 heterocycles. The Hall–Kier alpha value is -0.780. The zero-order chi connectivity index (χ0) is 20.1. The first kappa shape index (κ1) is 23.5. The molecule has 1 unspecified atom stereocenters. The SMILES string of the molecule is CCCCCCC1CCc2ccccc2C1(CCCCCC)CCCCCC. The van der Waals surface area contributed by atoms with E-state index in [4.69, 9.17) is 0 Å². The molecule has 0 bridgehead atoms. The summed E-state index contributed by atoms with van der Waals surface area (Å²) in [5.41, 5.74) is 3.91. The second-order valence-corrected chi connectivity index (χ2v) is 9.52. The first-order valence-corrected chi connectivity index (χ1v) is 12.9. The summed E-state index contributed by atoms with van der Waals surface area (Å²) in [6, 6.07) is 9.56. The lowest BCUT2D eigenvalue weighted by molar-refractivity contribution is 0.174. The van der Waals surface area contributed by atoms with E-state index in [1.807, 2.05) is 0 Å². The van der Waals surface area contributed by atoms with E-state index >= 15 is 0 Å². The quantitative estimate of drug-likeness (QED) is 0.264. The van der Waals surface area contributed by atoms with Gasteiger partial charge < -0.3 is 0 Å². The van der Waals surface area contributed by atoms with Crippen LogP contribution in [0.2, 0.25) is 0 Å². The lowest BCUT2D eigenvalue weighted by Crippen LogP contribution is -2.40.